The van der Waals surface area contributed by atoms with Crippen LogP contribution in [0.1, 0.15) is 5.56 Å². The summed E-state index contributed by atoms with van der Waals surface area (Å²) in [6.45, 7) is 0.589. The first kappa shape index (κ1) is 13.7. The van der Waals surface area contributed by atoms with Gasteiger partial charge in [0.1, 0.15) is 5.58 Å². The number of benzene rings is 2. The number of sulfonamides is 1. The third-order valence-corrected chi connectivity index (χ3v) is 4.16. The largest absolute Gasteiger partial charge is 0.464 e. The summed E-state index contributed by atoms with van der Waals surface area (Å²) >= 11 is 0. The predicted molar refractivity (Wildman–Crippen MR) is 81.4 cm³/mol. The van der Waals surface area contributed by atoms with Crippen molar-refractivity contribution in [1.82, 2.24) is 0 Å². The van der Waals surface area contributed by atoms with Crippen LogP contribution in [-0.2, 0) is 16.6 Å². The van der Waals surface area contributed by atoms with Crippen LogP contribution < -0.4 is 10.5 Å². The van der Waals surface area contributed by atoms with E-state index in [2.05, 4.69) is 5.32 Å². The maximum Gasteiger partial charge on any atom is 0.238 e. The van der Waals surface area contributed by atoms with Crippen molar-refractivity contribution < 1.29 is 12.8 Å². The normalized spacial score (nSPS) is 11.7. The van der Waals surface area contributed by atoms with Crippen LogP contribution in [0.4, 0.5) is 5.69 Å². The number of rotatable bonds is 4. The Balaban J connectivity index is 1.76. The van der Waals surface area contributed by atoms with Crippen LogP contribution in [0.3, 0.4) is 0 Å². The predicted octanol–water partition coefficient (Wildman–Crippen LogP) is 2.69. The second-order valence-electron chi connectivity index (χ2n) is 4.68. The van der Waals surface area contributed by atoms with Crippen LogP contribution in [0, 0.1) is 0 Å². The molecule has 5 nitrogen and oxygen atoms in total. The number of nitrogens with one attached hydrogen (secondary N) is 1. The van der Waals surface area contributed by atoms with E-state index in [0.29, 0.717) is 6.54 Å². The first-order valence-corrected chi connectivity index (χ1v) is 7.90. The van der Waals surface area contributed by atoms with E-state index >= 15 is 0 Å². The first-order valence-electron chi connectivity index (χ1n) is 6.36. The molecule has 3 aromatic rings. The van der Waals surface area contributed by atoms with Crippen LogP contribution in [0.15, 0.2) is 64.1 Å². The summed E-state index contributed by atoms with van der Waals surface area (Å²) in [4.78, 5) is 0.0989. The van der Waals surface area contributed by atoms with Crippen LogP contribution in [0.5, 0.6) is 0 Å². The van der Waals surface area contributed by atoms with Crippen molar-refractivity contribution in [3.63, 3.8) is 0 Å². The van der Waals surface area contributed by atoms with Crippen LogP contribution in [0.2, 0.25) is 0 Å². The molecule has 21 heavy (non-hydrogen) atoms. The zero-order valence-electron chi connectivity index (χ0n) is 11.1. The van der Waals surface area contributed by atoms with Crippen molar-refractivity contribution in [2.45, 2.75) is 11.4 Å². The Kier molecular flexibility index (Phi) is 3.40. The number of nitrogens with two attached hydrogens (primary N) is 1. The summed E-state index contributed by atoms with van der Waals surface area (Å²) in [7, 11) is -3.65. The Morgan fingerprint density at radius 1 is 1.05 bits per heavy atom. The molecule has 0 aliphatic carbocycles. The van der Waals surface area contributed by atoms with Gasteiger partial charge in [-0.25, -0.2) is 13.6 Å². The van der Waals surface area contributed by atoms with Gasteiger partial charge in [-0.15, -0.1) is 0 Å². The molecule has 0 atom stereocenters. The van der Waals surface area contributed by atoms with Crippen LogP contribution in [-0.4, -0.2) is 8.42 Å². The van der Waals surface area contributed by atoms with Crippen molar-refractivity contribution in [2.24, 2.45) is 5.14 Å². The van der Waals surface area contributed by atoms with E-state index in [1.54, 1.807) is 18.4 Å². The van der Waals surface area contributed by atoms with Gasteiger partial charge in [0.25, 0.3) is 0 Å². The van der Waals surface area contributed by atoms with E-state index < -0.39 is 10.0 Å². The summed E-state index contributed by atoms with van der Waals surface area (Å²) in [5.41, 5.74) is 2.70. The quantitative estimate of drug-likeness (QED) is 0.776. The van der Waals surface area contributed by atoms with E-state index in [9.17, 15) is 8.42 Å². The minimum absolute atomic E-state index is 0.0989. The molecule has 1 heterocycles. The fraction of sp³-hybridized carbons (Fsp3) is 0.0667. The molecule has 108 valence electrons. The molecule has 0 aliphatic rings. The Bertz CT molecular complexity index is 867. The fourth-order valence-corrected chi connectivity index (χ4v) is 2.64. The SMILES string of the molecule is NS(=O)(=O)c1ccc(NCc2coc3ccccc23)cc1. The van der Waals surface area contributed by atoms with Gasteiger partial charge in [-0.2, -0.15) is 0 Å². The van der Waals surface area contributed by atoms with Crippen molar-refractivity contribution in [2.75, 3.05) is 5.32 Å². The topological polar surface area (TPSA) is 85.3 Å². The van der Waals surface area contributed by atoms with Gasteiger partial charge >= 0.3 is 0 Å². The molecule has 1 aromatic heterocycles. The summed E-state index contributed by atoms with van der Waals surface area (Å²) in [5, 5.41) is 9.34. The highest BCUT2D eigenvalue weighted by Gasteiger charge is 2.07. The smallest absolute Gasteiger partial charge is 0.238 e. The molecule has 6 heteroatoms. The number of hydrogen-bond acceptors (Lipinski definition) is 4. The van der Waals surface area contributed by atoms with Gasteiger partial charge in [-0.3, -0.25) is 0 Å². The second kappa shape index (κ2) is 5.23. The Hall–Kier alpha value is -2.31. The summed E-state index contributed by atoms with van der Waals surface area (Å²) in [6.07, 6.45) is 1.72. The van der Waals surface area contributed by atoms with Crippen LogP contribution >= 0.6 is 0 Å². The zero-order valence-corrected chi connectivity index (χ0v) is 11.9. The molecule has 0 radical (unpaired) electrons. The molecule has 0 saturated carbocycles. The maximum atomic E-state index is 11.2. The molecule has 0 bridgehead atoms. The van der Waals surface area contributed by atoms with E-state index in [1.165, 1.54) is 12.1 Å². The molecule has 0 unspecified atom stereocenters. The molecule has 0 aliphatic heterocycles. The number of furan rings is 1. The van der Waals surface area contributed by atoms with Gasteiger partial charge in [-0.1, -0.05) is 18.2 Å². The number of primary sulfonamides is 1. The van der Waals surface area contributed by atoms with Crippen LogP contribution in [0.25, 0.3) is 11.0 Å². The number of fused-ring (bicyclic) bond motifs is 1. The number of para-hydroxylation sites is 1. The number of anilines is 1. The van der Waals surface area contributed by atoms with E-state index in [4.69, 9.17) is 9.56 Å². The highest BCUT2D eigenvalue weighted by atomic mass is 32.2. The van der Waals surface area contributed by atoms with Gasteiger partial charge in [-0.05, 0) is 30.3 Å². The molecule has 3 rings (SSSR count). The third kappa shape index (κ3) is 2.91. The Labute approximate surface area is 122 Å². The van der Waals surface area contributed by atoms with Gasteiger partial charge in [0.05, 0.1) is 11.2 Å². The third-order valence-electron chi connectivity index (χ3n) is 3.23. The molecule has 0 amide bonds. The minimum atomic E-state index is -3.65. The lowest BCUT2D eigenvalue weighted by atomic mass is 10.2. The molecule has 0 saturated heterocycles. The lowest BCUT2D eigenvalue weighted by Crippen LogP contribution is -2.11. The summed E-state index contributed by atoms with van der Waals surface area (Å²) < 4.78 is 27.8. The number of hydrogen-bond donors (Lipinski definition) is 2. The molecule has 0 fully saturated rings. The lowest BCUT2D eigenvalue weighted by Gasteiger charge is -2.06. The zero-order chi connectivity index (χ0) is 14.9. The van der Waals surface area contributed by atoms with Gasteiger partial charge in [0.15, 0.2) is 0 Å². The maximum absolute atomic E-state index is 11.2. The molecular weight excluding hydrogens is 288 g/mol. The highest BCUT2D eigenvalue weighted by molar-refractivity contribution is 7.89. The Morgan fingerprint density at radius 2 is 1.76 bits per heavy atom. The van der Waals surface area contributed by atoms with Crippen molar-refractivity contribution in [3.8, 4) is 0 Å². The summed E-state index contributed by atoms with van der Waals surface area (Å²) in [5.74, 6) is 0. The van der Waals surface area contributed by atoms with E-state index in [0.717, 1.165) is 22.2 Å². The van der Waals surface area contributed by atoms with Crippen molar-refractivity contribution in [1.29, 1.82) is 0 Å². The average molecular weight is 302 g/mol. The van der Waals surface area contributed by atoms with Gasteiger partial charge < -0.3 is 9.73 Å². The van der Waals surface area contributed by atoms with Crippen molar-refractivity contribution in [3.05, 3.63) is 60.4 Å². The first-order chi connectivity index (χ1) is 10.0. The molecule has 2 aromatic carbocycles. The molecular formula is C15H14N2O3S. The standard InChI is InChI=1S/C15H14N2O3S/c16-21(18,19)13-7-5-12(6-8-13)17-9-11-10-20-15-4-2-1-3-14(11)15/h1-8,10,17H,9H2,(H2,16,18,19). The van der Waals surface area contributed by atoms with Gasteiger partial charge in [0.2, 0.25) is 10.0 Å². The van der Waals surface area contributed by atoms with E-state index in [-0.39, 0.29) is 4.90 Å². The Morgan fingerprint density at radius 3 is 2.48 bits per heavy atom. The second-order valence-corrected chi connectivity index (χ2v) is 6.24. The molecule has 0 spiro atoms. The minimum Gasteiger partial charge on any atom is -0.464 e. The monoisotopic (exact) mass is 302 g/mol. The molecule has 3 N–H and O–H groups in total. The van der Waals surface area contributed by atoms with Crippen molar-refractivity contribution >= 4 is 26.7 Å². The average Bonchev–Trinajstić information content (AvgIpc) is 2.88. The summed E-state index contributed by atoms with van der Waals surface area (Å²) in [6, 6.07) is 14.1. The fourth-order valence-electron chi connectivity index (χ4n) is 2.13. The van der Waals surface area contributed by atoms with E-state index in [1.807, 2.05) is 24.3 Å². The lowest BCUT2D eigenvalue weighted by molar-refractivity contribution is 0.598. The highest BCUT2D eigenvalue weighted by Crippen LogP contribution is 2.22. The van der Waals surface area contributed by atoms with Gasteiger partial charge in [0, 0.05) is 23.2 Å².